The molecule has 12 heteroatoms. The first-order chi connectivity index (χ1) is 17.2. The van der Waals surface area contributed by atoms with Crippen molar-refractivity contribution in [1.29, 1.82) is 0 Å². The Morgan fingerprint density at radius 2 is 1.94 bits per heavy atom. The number of nitrogens with zero attached hydrogens (tertiary/aromatic N) is 4. The molecule has 0 N–H and O–H groups in total. The highest BCUT2D eigenvalue weighted by molar-refractivity contribution is 5.70. The zero-order chi connectivity index (χ0) is 26.0. The molecule has 1 aliphatic heterocycles. The second-order valence-electron chi connectivity index (χ2n) is 7.67. The van der Waals surface area contributed by atoms with Crippen molar-refractivity contribution in [3.05, 3.63) is 70.6 Å². The number of fused-ring (bicyclic) bond motifs is 3. The van der Waals surface area contributed by atoms with Crippen LogP contribution in [0.1, 0.15) is 48.3 Å². The van der Waals surface area contributed by atoms with Crippen LogP contribution in [0.3, 0.4) is 0 Å². The zero-order valence-corrected chi connectivity index (χ0v) is 19.5. The Labute approximate surface area is 204 Å². The number of ether oxygens (including phenoxy) is 4. The van der Waals surface area contributed by atoms with Gasteiger partial charge >= 0.3 is 12.1 Å². The number of benzene rings is 2. The van der Waals surface area contributed by atoms with Gasteiger partial charge in [-0.3, -0.25) is 9.36 Å². The molecular formula is C24H21F3N4O5. The van der Waals surface area contributed by atoms with E-state index in [1.165, 1.54) is 32.4 Å². The van der Waals surface area contributed by atoms with Gasteiger partial charge in [-0.25, -0.2) is 4.85 Å². The molecule has 2 atom stereocenters. The first-order valence-corrected chi connectivity index (χ1v) is 10.8. The third kappa shape index (κ3) is 4.45. The lowest BCUT2D eigenvalue weighted by Gasteiger charge is -2.24. The molecule has 0 aliphatic carbocycles. The minimum atomic E-state index is -4.86. The van der Waals surface area contributed by atoms with E-state index in [1.54, 1.807) is 25.1 Å². The zero-order valence-electron chi connectivity index (χ0n) is 19.5. The van der Waals surface area contributed by atoms with Gasteiger partial charge in [0.2, 0.25) is 5.82 Å². The molecule has 2 aromatic carbocycles. The molecule has 0 radical (unpaired) electrons. The van der Waals surface area contributed by atoms with Gasteiger partial charge in [0.25, 0.3) is 0 Å². The number of rotatable bonds is 6. The quantitative estimate of drug-likeness (QED) is 0.347. The van der Waals surface area contributed by atoms with Crippen LogP contribution in [0.5, 0.6) is 11.5 Å². The lowest BCUT2D eigenvalue weighted by molar-refractivity contribution is -0.147. The fraction of sp³-hybridized carbons (Fsp3) is 0.333. The van der Waals surface area contributed by atoms with Gasteiger partial charge in [-0.1, -0.05) is 18.2 Å². The van der Waals surface area contributed by atoms with Gasteiger partial charge in [-0.15, -0.1) is 10.2 Å². The first kappa shape index (κ1) is 25.0. The number of halogens is 3. The van der Waals surface area contributed by atoms with Crippen molar-refractivity contribution < 1.29 is 36.9 Å². The Kier molecular flexibility index (Phi) is 6.85. The van der Waals surface area contributed by atoms with E-state index in [9.17, 15) is 18.0 Å². The van der Waals surface area contributed by atoms with E-state index in [-0.39, 0.29) is 35.1 Å². The van der Waals surface area contributed by atoms with E-state index < -0.39 is 36.6 Å². The van der Waals surface area contributed by atoms with E-state index >= 15 is 0 Å². The third-order valence-electron chi connectivity index (χ3n) is 5.57. The largest absolute Gasteiger partial charge is 0.493 e. The highest BCUT2D eigenvalue weighted by atomic mass is 19.4. The van der Waals surface area contributed by atoms with Crippen molar-refractivity contribution in [1.82, 2.24) is 14.8 Å². The number of carbonyl (C=O) groups is 1. The topological polar surface area (TPSA) is 89.1 Å². The van der Waals surface area contributed by atoms with Gasteiger partial charge in [-0.2, -0.15) is 13.2 Å². The SMILES string of the molecule is [C-]#[N+]c1ccc2c(c1)[C@@H](c1cccc(OC)c1OC)O[C@H](CC(=O)OCC)c1nnc(C(F)(F)F)n1-2. The van der Waals surface area contributed by atoms with E-state index in [0.717, 1.165) is 4.57 Å². The van der Waals surface area contributed by atoms with Crippen molar-refractivity contribution in [3.8, 4) is 17.2 Å². The van der Waals surface area contributed by atoms with Crippen LogP contribution in [0.4, 0.5) is 18.9 Å². The number of hydrogen-bond donors (Lipinski definition) is 0. The summed E-state index contributed by atoms with van der Waals surface area (Å²) in [6.07, 6.45) is -7.61. The molecule has 9 nitrogen and oxygen atoms in total. The number of aromatic nitrogens is 3. The average molecular weight is 502 g/mol. The van der Waals surface area contributed by atoms with Gasteiger partial charge in [0.15, 0.2) is 23.0 Å². The molecule has 36 heavy (non-hydrogen) atoms. The van der Waals surface area contributed by atoms with Crippen LogP contribution in [0.15, 0.2) is 36.4 Å². The summed E-state index contributed by atoms with van der Waals surface area (Å²) in [7, 11) is 2.86. The van der Waals surface area contributed by atoms with Gasteiger partial charge in [0.05, 0.1) is 39.5 Å². The molecule has 0 amide bonds. The van der Waals surface area contributed by atoms with Crippen LogP contribution in [0.2, 0.25) is 0 Å². The Morgan fingerprint density at radius 1 is 1.17 bits per heavy atom. The average Bonchev–Trinajstić information content (AvgIpc) is 3.26. The smallest absolute Gasteiger partial charge is 0.452 e. The number of carbonyl (C=O) groups excluding carboxylic acids is 1. The fourth-order valence-corrected chi connectivity index (χ4v) is 4.12. The normalized spacial score (nSPS) is 16.8. The van der Waals surface area contributed by atoms with Gasteiger partial charge in [-0.05, 0) is 30.7 Å². The standard InChI is InChI=1S/C24H21F3N4O5/c1-5-35-19(32)12-18-22-29-30-23(24(25,26)27)31(22)16-10-9-13(28-2)11-15(16)20(36-18)14-7-6-8-17(33-3)21(14)34-4/h6-11,18,20H,5,12H2,1,3-4H3/t18-,20-/m1/s1. The van der Waals surface area contributed by atoms with Crippen molar-refractivity contribution in [2.75, 3.05) is 20.8 Å². The summed E-state index contributed by atoms with van der Waals surface area (Å²) >= 11 is 0. The Morgan fingerprint density at radius 3 is 2.58 bits per heavy atom. The Hall–Kier alpha value is -4.11. The van der Waals surface area contributed by atoms with Crippen LogP contribution < -0.4 is 9.47 Å². The van der Waals surface area contributed by atoms with E-state index in [2.05, 4.69) is 15.0 Å². The van der Waals surface area contributed by atoms with Gasteiger partial charge in [0, 0.05) is 5.56 Å². The number of methoxy groups -OCH3 is 2. The van der Waals surface area contributed by atoms with Gasteiger partial charge in [0.1, 0.15) is 12.2 Å². The second kappa shape index (κ2) is 9.87. The maximum atomic E-state index is 14.0. The van der Waals surface area contributed by atoms with Crippen molar-refractivity contribution in [3.63, 3.8) is 0 Å². The summed E-state index contributed by atoms with van der Waals surface area (Å²) in [5.41, 5.74) is 0.876. The van der Waals surface area contributed by atoms with E-state index in [4.69, 9.17) is 25.5 Å². The second-order valence-corrected chi connectivity index (χ2v) is 7.67. The van der Waals surface area contributed by atoms with E-state index in [0.29, 0.717) is 11.3 Å². The molecule has 2 heterocycles. The monoisotopic (exact) mass is 502 g/mol. The summed E-state index contributed by atoms with van der Waals surface area (Å²) in [5.74, 6) is -1.55. The van der Waals surface area contributed by atoms with Crippen molar-refractivity contribution >= 4 is 11.7 Å². The molecular weight excluding hydrogens is 481 g/mol. The lowest BCUT2D eigenvalue weighted by atomic mass is 9.97. The van der Waals surface area contributed by atoms with Crippen LogP contribution in [-0.4, -0.2) is 41.6 Å². The van der Waals surface area contributed by atoms with Crippen LogP contribution in [0.25, 0.3) is 10.5 Å². The first-order valence-electron chi connectivity index (χ1n) is 10.8. The predicted octanol–water partition coefficient (Wildman–Crippen LogP) is 4.97. The molecule has 0 unspecified atom stereocenters. The molecule has 1 aromatic heterocycles. The minimum Gasteiger partial charge on any atom is -0.493 e. The van der Waals surface area contributed by atoms with Crippen LogP contribution in [-0.2, 0) is 20.4 Å². The highest BCUT2D eigenvalue weighted by Crippen LogP contribution is 2.47. The minimum absolute atomic E-state index is 0.0518. The number of esters is 1. The fourth-order valence-electron chi connectivity index (χ4n) is 4.12. The number of alkyl halides is 3. The Bertz CT molecular complexity index is 1330. The molecule has 3 aromatic rings. The summed E-state index contributed by atoms with van der Waals surface area (Å²) in [4.78, 5) is 15.8. The summed E-state index contributed by atoms with van der Waals surface area (Å²) < 4.78 is 65.1. The van der Waals surface area contributed by atoms with Crippen LogP contribution >= 0.6 is 0 Å². The predicted molar refractivity (Wildman–Crippen MR) is 119 cm³/mol. The van der Waals surface area contributed by atoms with Crippen molar-refractivity contribution in [2.24, 2.45) is 0 Å². The molecule has 0 spiro atoms. The van der Waals surface area contributed by atoms with Gasteiger partial charge < -0.3 is 18.9 Å². The van der Waals surface area contributed by atoms with Crippen LogP contribution in [0, 0.1) is 6.57 Å². The highest BCUT2D eigenvalue weighted by Gasteiger charge is 2.44. The molecule has 0 saturated heterocycles. The molecule has 0 bridgehead atoms. The number of hydrogen-bond acceptors (Lipinski definition) is 7. The Balaban J connectivity index is 2.02. The molecule has 4 rings (SSSR count). The summed E-state index contributed by atoms with van der Waals surface area (Å²) in [6, 6.07) is 9.19. The molecule has 1 aliphatic rings. The molecule has 0 saturated carbocycles. The maximum absolute atomic E-state index is 14.0. The lowest BCUT2D eigenvalue weighted by Crippen LogP contribution is -2.18. The summed E-state index contributed by atoms with van der Waals surface area (Å²) in [6.45, 7) is 9.12. The third-order valence-corrected chi connectivity index (χ3v) is 5.57. The van der Waals surface area contributed by atoms with Crippen molar-refractivity contribution in [2.45, 2.75) is 31.7 Å². The number of para-hydroxylation sites is 1. The maximum Gasteiger partial charge on any atom is 0.452 e. The molecule has 0 fully saturated rings. The molecule has 188 valence electrons. The summed E-state index contributed by atoms with van der Waals surface area (Å²) in [5, 5.41) is 7.13. The van der Waals surface area contributed by atoms with E-state index in [1.807, 2.05) is 0 Å².